The van der Waals surface area contributed by atoms with Crippen LogP contribution in [0, 0.1) is 12.7 Å². The molecule has 2 heterocycles. The molecule has 0 spiro atoms. The van der Waals surface area contributed by atoms with Crippen molar-refractivity contribution in [3.63, 3.8) is 0 Å². The summed E-state index contributed by atoms with van der Waals surface area (Å²) < 4.78 is 15.5. The van der Waals surface area contributed by atoms with Gasteiger partial charge in [0.15, 0.2) is 0 Å². The second-order valence-corrected chi connectivity index (χ2v) is 8.21. The molecule has 0 bridgehead atoms. The van der Waals surface area contributed by atoms with Crippen molar-refractivity contribution in [2.45, 2.75) is 13.5 Å². The molecule has 0 radical (unpaired) electrons. The lowest BCUT2D eigenvalue weighted by atomic mass is 10.2. The van der Waals surface area contributed by atoms with Crippen LogP contribution in [-0.2, 0) is 6.54 Å². The van der Waals surface area contributed by atoms with Crippen LogP contribution < -0.4 is 21.7 Å². The van der Waals surface area contributed by atoms with E-state index < -0.39 is 0 Å². The van der Waals surface area contributed by atoms with E-state index in [4.69, 9.17) is 10.7 Å². The highest BCUT2D eigenvalue weighted by Crippen LogP contribution is 2.24. The number of fused-ring (bicyclic) bond motifs is 1. The summed E-state index contributed by atoms with van der Waals surface area (Å²) in [7, 11) is 0. The number of nitrogens with two attached hydrogens (primary N) is 1. The smallest absolute Gasteiger partial charge is 0.233 e. The first kappa shape index (κ1) is 23.2. The lowest BCUT2D eigenvalue weighted by molar-refractivity contribution is 0.628. The van der Waals surface area contributed by atoms with Crippen LogP contribution in [0.5, 0.6) is 0 Å². The van der Waals surface area contributed by atoms with Gasteiger partial charge in [0, 0.05) is 31.0 Å². The highest BCUT2D eigenvalue weighted by molar-refractivity contribution is 5.81. The standard InChI is InChI=1S/C26H26FN9/c1-17-30-22-15-21(11-12-23(22)36(17)16-18-5-3-2-4-6-18)32-26-34-24(29-14-13-28)33-25(35-26)31-20-9-7-19(27)8-10-20/h2-12,15H,13-14,16,28H2,1H3,(H3,29,31,32,33,34,35). The fraction of sp³-hybridized carbons (Fsp3) is 0.154. The normalized spacial score (nSPS) is 11.0. The molecule has 0 aliphatic carbocycles. The molecular formula is C26H26FN9. The maximum absolute atomic E-state index is 13.3. The Kier molecular flexibility index (Phi) is 6.67. The number of hydrogen-bond donors (Lipinski definition) is 4. The summed E-state index contributed by atoms with van der Waals surface area (Å²) >= 11 is 0. The quantitative estimate of drug-likeness (QED) is 0.241. The van der Waals surface area contributed by atoms with Crippen LogP contribution in [0.1, 0.15) is 11.4 Å². The van der Waals surface area contributed by atoms with Gasteiger partial charge in [-0.15, -0.1) is 0 Å². The summed E-state index contributed by atoms with van der Waals surface area (Å²) in [5.74, 6) is 1.63. The van der Waals surface area contributed by atoms with E-state index in [-0.39, 0.29) is 5.82 Å². The molecule has 36 heavy (non-hydrogen) atoms. The molecule has 0 aliphatic rings. The Morgan fingerprint density at radius 2 is 1.47 bits per heavy atom. The maximum Gasteiger partial charge on any atom is 0.233 e. The Balaban J connectivity index is 1.41. The van der Waals surface area contributed by atoms with E-state index in [0.717, 1.165) is 29.1 Å². The highest BCUT2D eigenvalue weighted by atomic mass is 19.1. The molecule has 0 amide bonds. The summed E-state index contributed by atoms with van der Waals surface area (Å²) in [4.78, 5) is 18.1. The minimum Gasteiger partial charge on any atom is -0.353 e. The van der Waals surface area contributed by atoms with E-state index in [9.17, 15) is 4.39 Å². The van der Waals surface area contributed by atoms with Crippen LogP contribution >= 0.6 is 0 Å². The largest absolute Gasteiger partial charge is 0.353 e. The molecule has 5 N–H and O–H groups in total. The SMILES string of the molecule is Cc1nc2cc(Nc3nc(NCCN)nc(Nc4ccc(F)cc4)n3)ccc2n1Cc1ccccc1. The number of aryl methyl sites for hydroxylation is 1. The van der Waals surface area contributed by atoms with E-state index in [1.165, 1.54) is 17.7 Å². The fourth-order valence-corrected chi connectivity index (χ4v) is 3.84. The molecule has 0 unspecified atom stereocenters. The topological polar surface area (TPSA) is 119 Å². The molecule has 0 saturated heterocycles. The second-order valence-electron chi connectivity index (χ2n) is 8.21. The van der Waals surface area contributed by atoms with Gasteiger partial charge in [0.25, 0.3) is 0 Å². The van der Waals surface area contributed by atoms with Crippen molar-refractivity contribution < 1.29 is 4.39 Å². The van der Waals surface area contributed by atoms with Crippen LogP contribution in [0.2, 0.25) is 0 Å². The maximum atomic E-state index is 13.3. The third-order valence-electron chi connectivity index (χ3n) is 5.54. The molecule has 5 rings (SSSR count). The van der Waals surface area contributed by atoms with E-state index in [2.05, 4.69) is 47.6 Å². The van der Waals surface area contributed by atoms with E-state index >= 15 is 0 Å². The Labute approximate surface area is 207 Å². The lowest BCUT2D eigenvalue weighted by Crippen LogP contribution is -2.16. The van der Waals surface area contributed by atoms with Gasteiger partial charge in [-0.3, -0.25) is 0 Å². The highest BCUT2D eigenvalue weighted by Gasteiger charge is 2.11. The Hall–Kier alpha value is -4.57. The van der Waals surface area contributed by atoms with Crippen molar-refractivity contribution in [1.82, 2.24) is 24.5 Å². The van der Waals surface area contributed by atoms with Crippen molar-refractivity contribution in [1.29, 1.82) is 0 Å². The van der Waals surface area contributed by atoms with Crippen molar-refractivity contribution in [2.24, 2.45) is 5.73 Å². The third kappa shape index (κ3) is 5.39. The van der Waals surface area contributed by atoms with Gasteiger partial charge < -0.3 is 26.3 Å². The summed E-state index contributed by atoms with van der Waals surface area (Å²) in [5.41, 5.74) is 10.2. The van der Waals surface area contributed by atoms with E-state index in [0.29, 0.717) is 36.6 Å². The average Bonchev–Trinajstić information content (AvgIpc) is 3.18. The Bertz CT molecular complexity index is 1470. The molecule has 5 aromatic rings. The van der Waals surface area contributed by atoms with Gasteiger partial charge in [0.2, 0.25) is 17.8 Å². The van der Waals surface area contributed by atoms with Crippen molar-refractivity contribution in [3.8, 4) is 0 Å². The lowest BCUT2D eigenvalue weighted by Gasteiger charge is -2.11. The molecule has 0 fully saturated rings. The number of imidazole rings is 1. The molecule has 10 heteroatoms. The number of nitrogens with one attached hydrogen (secondary N) is 3. The van der Waals surface area contributed by atoms with Gasteiger partial charge in [0.05, 0.1) is 11.0 Å². The number of anilines is 5. The number of aromatic nitrogens is 5. The van der Waals surface area contributed by atoms with Crippen molar-refractivity contribution >= 4 is 40.3 Å². The molecule has 2 aromatic heterocycles. The first-order valence-electron chi connectivity index (χ1n) is 11.6. The predicted octanol–water partition coefficient (Wildman–Crippen LogP) is 4.57. The van der Waals surface area contributed by atoms with Crippen LogP contribution in [-0.4, -0.2) is 37.6 Å². The number of hydrogen-bond acceptors (Lipinski definition) is 8. The minimum atomic E-state index is -0.319. The molecule has 3 aromatic carbocycles. The first-order valence-corrected chi connectivity index (χ1v) is 11.6. The van der Waals surface area contributed by atoms with Crippen molar-refractivity contribution in [2.75, 3.05) is 29.0 Å². The van der Waals surface area contributed by atoms with Gasteiger partial charge >= 0.3 is 0 Å². The van der Waals surface area contributed by atoms with Crippen molar-refractivity contribution in [3.05, 3.63) is 90.0 Å². The Morgan fingerprint density at radius 3 is 2.19 bits per heavy atom. The number of nitrogens with zero attached hydrogens (tertiary/aromatic N) is 5. The van der Waals surface area contributed by atoms with Gasteiger partial charge in [-0.2, -0.15) is 15.0 Å². The summed E-state index contributed by atoms with van der Waals surface area (Å²) in [6, 6.07) is 22.2. The zero-order valence-electron chi connectivity index (χ0n) is 19.7. The monoisotopic (exact) mass is 483 g/mol. The minimum absolute atomic E-state index is 0.308. The van der Waals surface area contributed by atoms with Gasteiger partial charge in [-0.1, -0.05) is 30.3 Å². The molecule has 0 aliphatic heterocycles. The zero-order valence-corrected chi connectivity index (χ0v) is 19.7. The molecule has 9 nitrogen and oxygen atoms in total. The zero-order chi connectivity index (χ0) is 24.9. The van der Waals surface area contributed by atoms with Crippen LogP contribution in [0.15, 0.2) is 72.8 Å². The number of rotatable bonds is 9. The summed E-state index contributed by atoms with van der Waals surface area (Å²) in [6.45, 7) is 3.68. The van der Waals surface area contributed by atoms with Gasteiger partial charge in [-0.25, -0.2) is 9.37 Å². The van der Waals surface area contributed by atoms with Crippen LogP contribution in [0.3, 0.4) is 0 Å². The molecule has 0 saturated carbocycles. The van der Waals surface area contributed by atoms with E-state index in [1.807, 2.05) is 43.3 Å². The van der Waals surface area contributed by atoms with E-state index in [1.54, 1.807) is 12.1 Å². The average molecular weight is 484 g/mol. The van der Waals surface area contributed by atoms with Crippen LogP contribution in [0.25, 0.3) is 11.0 Å². The fourth-order valence-electron chi connectivity index (χ4n) is 3.84. The first-order chi connectivity index (χ1) is 17.6. The summed E-state index contributed by atoms with van der Waals surface area (Å²) in [5, 5.41) is 9.40. The Morgan fingerprint density at radius 1 is 0.806 bits per heavy atom. The number of halogens is 1. The molecule has 182 valence electrons. The van der Waals surface area contributed by atoms with Gasteiger partial charge in [-0.05, 0) is 55.0 Å². The van der Waals surface area contributed by atoms with Crippen LogP contribution in [0.4, 0.5) is 33.6 Å². The molecular weight excluding hydrogens is 457 g/mol. The summed E-state index contributed by atoms with van der Waals surface area (Å²) in [6.07, 6.45) is 0. The van der Waals surface area contributed by atoms with Gasteiger partial charge in [0.1, 0.15) is 11.6 Å². The third-order valence-corrected chi connectivity index (χ3v) is 5.54. The second kappa shape index (κ2) is 10.4. The molecule has 0 atom stereocenters. The number of benzene rings is 3. The predicted molar refractivity (Wildman–Crippen MR) is 140 cm³/mol.